The Morgan fingerprint density at radius 3 is 2.24 bits per heavy atom. The number of rotatable bonds is 7. The number of nitrogens with zero attached hydrogens (tertiary/aromatic N) is 2. The molecule has 0 bridgehead atoms. The lowest BCUT2D eigenvalue weighted by Gasteiger charge is -2.12. The smallest absolute Gasteiger partial charge is 0.434 e. The second-order valence-electron chi connectivity index (χ2n) is 7.56. The Bertz CT molecular complexity index is 1350. The molecule has 0 aliphatic carbocycles. The van der Waals surface area contributed by atoms with Gasteiger partial charge in [0.2, 0.25) is 5.89 Å². The van der Waals surface area contributed by atoms with Crippen molar-refractivity contribution in [3.05, 3.63) is 78.9 Å². The lowest BCUT2D eigenvalue weighted by atomic mass is 9.81. The van der Waals surface area contributed by atoms with Gasteiger partial charge in [-0.25, -0.2) is 8.42 Å². The van der Waals surface area contributed by atoms with Crippen LogP contribution in [0.4, 0.5) is 11.5 Å². The first kappa shape index (κ1) is 22.6. The number of oxazole rings is 1. The summed E-state index contributed by atoms with van der Waals surface area (Å²) >= 11 is 0. The summed E-state index contributed by atoms with van der Waals surface area (Å²) in [7, 11) is -2.03. The number of aromatic nitrogens is 1. The Labute approximate surface area is 192 Å². The summed E-state index contributed by atoms with van der Waals surface area (Å²) in [6, 6.07) is 22.0. The van der Waals surface area contributed by atoms with Gasteiger partial charge in [0, 0.05) is 30.9 Å². The standard InChI is InChI=1S/C23H22BN3O5S/c1-27(2)19-13-11-16(12-14-19)21-22(25-23(32-21)17-7-4-3-5-8-17)26-33(30,31)20-10-6-9-18(15-20)24(28)29/h3-15,26,28-29H,1-2H3. The van der Waals surface area contributed by atoms with Gasteiger partial charge in [-0.3, -0.25) is 4.72 Å². The molecule has 0 spiro atoms. The monoisotopic (exact) mass is 463 g/mol. The van der Waals surface area contributed by atoms with Gasteiger partial charge >= 0.3 is 7.12 Å². The van der Waals surface area contributed by atoms with Crippen LogP contribution in [0.3, 0.4) is 0 Å². The highest BCUT2D eigenvalue weighted by molar-refractivity contribution is 7.92. The zero-order valence-corrected chi connectivity index (χ0v) is 18.8. The van der Waals surface area contributed by atoms with E-state index in [2.05, 4.69) is 9.71 Å². The fraction of sp³-hybridized carbons (Fsp3) is 0.0870. The minimum absolute atomic E-state index is 0.0291. The molecule has 33 heavy (non-hydrogen) atoms. The minimum atomic E-state index is -4.09. The number of anilines is 2. The Morgan fingerprint density at radius 1 is 0.909 bits per heavy atom. The van der Waals surface area contributed by atoms with Crippen molar-refractivity contribution in [2.24, 2.45) is 0 Å². The van der Waals surface area contributed by atoms with Crippen molar-refractivity contribution in [2.45, 2.75) is 4.90 Å². The van der Waals surface area contributed by atoms with Crippen molar-refractivity contribution in [1.29, 1.82) is 0 Å². The quantitative estimate of drug-likeness (QED) is 0.361. The molecule has 0 radical (unpaired) electrons. The molecule has 8 nitrogen and oxygen atoms in total. The van der Waals surface area contributed by atoms with Crippen LogP contribution >= 0.6 is 0 Å². The lowest BCUT2D eigenvalue weighted by Crippen LogP contribution is -2.30. The van der Waals surface area contributed by atoms with E-state index in [0.29, 0.717) is 11.1 Å². The van der Waals surface area contributed by atoms with E-state index in [-0.39, 0.29) is 27.8 Å². The normalized spacial score (nSPS) is 11.3. The molecule has 10 heteroatoms. The molecule has 3 N–H and O–H groups in total. The summed E-state index contributed by atoms with van der Waals surface area (Å²) in [5.41, 5.74) is 2.37. The average molecular weight is 463 g/mol. The van der Waals surface area contributed by atoms with Crippen LogP contribution in [0.15, 0.2) is 88.2 Å². The van der Waals surface area contributed by atoms with Gasteiger partial charge in [0.15, 0.2) is 11.6 Å². The fourth-order valence-corrected chi connectivity index (χ4v) is 4.29. The van der Waals surface area contributed by atoms with Gasteiger partial charge in [0.05, 0.1) is 4.90 Å². The van der Waals surface area contributed by atoms with Crippen LogP contribution in [0.2, 0.25) is 0 Å². The third kappa shape index (κ3) is 4.93. The van der Waals surface area contributed by atoms with Crippen LogP contribution in [0.1, 0.15) is 0 Å². The lowest BCUT2D eigenvalue weighted by molar-refractivity contribution is 0.425. The molecule has 168 valence electrons. The van der Waals surface area contributed by atoms with E-state index in [1.54, 1.807) is 0 Å². The third-order valence-electron chi connectivity index (χ3n) is 4.99. The van der Waals surface area contributed by atoms with E-state index >= 15 is 0 Å². The van der Waals surface area contributed by atoms with E-state index in [9.17, 15) is 18.5 Å². The fourth-order valence-electron chi connectivity index (χ4n) is 3.23. The number of hydrogen-bond donors (Lipinski definition) is 3. The molecule has 4 aromatic rings. The predicted octanol–water partition coefficient (Wildman–Crippen LogP) is 2.56. The van der Waals surface area contributed by atoms with Gasteiger partial charge in [-0.15, -0.1) is 0 Å². The second kappa shape index (κ2) is 9.10. The minimum Gasteiger partial charge on any atom is -0.434 e. The summed E-state index contributed by atoms with van der Waals surface area (Å²) in [6.45, 7) is 0. The van der Waals surface area contributed by atoms with Gasteiger partial charge in [-0.1, -0.05) is 30.3 Å². The van der Waals surface area contributed by atoms with Crippen LogP contribution in [0.25, 0.3) is 22.8 Å². The summed E-state index contributed by atoms with van der Waals surface area (Å²) < 4.78 is 34.7. The molecule has 0 amide bonds. The highest BCUT2D eigenvalue weighted by Crippen LogP contribution is 2.35. The average Bonchev–Trinajstić information content (AvgIpc) is 3.23. The Balaban J connectivity index is 1.78. The molecule has 1 heterocycles. The summed E-state index contributed by atoms with van der Waals surface area (Å²) in [5.74, 6) is 0.557. The second-order valence-corrected chi connectivity index (χ2v) is 9.24. The molecule has 4 rings (SSSR count). The molecule has 0 unspecified atom stereocenters. The van der Waals surface area contributed by atoms with Crippen molar-refractivity contribution < 1.29 is 22.9 Å². The van der Waals surface area contributed by atoms with Crippen molar-refractivity contribution in [3.63, 3.8) is 0 Å². The molecule has 0 aliphatic rings. The van der Waals surface area contributed by atoms with Crippen molar-refractivity contribution in [3.8, 4) is 22.8 Å². The molecule has 0 fully saturated rings. The SMILES string of the molecule is CN(C)c1ccc(-c2oc(-c3ccccc3)nc2NS(=O)(=O)c2cccc(B(O)O)c2)cc1. The Kier molecular flexibility index (Phi) is 6.23. The van der Waals surface area contributed by atoms with Gasteiger partial charge < -0.3 is 19.4 Å². The van der Waals surface area contributed by atoms with Crippen LogP contribution < -0.4 is 15.1 Å². The van der Waals surface area contributed by atoms with Crippen molar-refractivity contribution in [1.82, 2.24) is 4.98 Å². The first-order chi connectivity index (χ1) is 15.7. The highest BCUT2D eigenvalue weighted by atomic mass is 32.2. The molecule has 1 aromatic heterocycles. The molecule has 0 saturated heterocycles. The molecular formula is C23H22BN3O5S. The summed E-state index contributed by atoms with van der Waals surface area (Å²) in [6.07, 6.45) is 0. The number of sulfonamides is 1. The molecular weight excluding hydrogens is 441 g/mol. The van der Waals surface area contributed by atoms with E-state index in [4.69, 9.17) is 4.42 Å². The zero-order chi connectivity index (χ0) is 23.6. The number of hydrogen-bond acceptors (Lipinski definition) is 7. The van der Waals surface area contributed by atoms with E-state index in [0.717, 1.165) is 5.69 Å². The van der Waals surface area contributed by atoms with Crippen LogP contribution in [-0.4, -0.2) is 44.7 Å². The molecule has 0 atom stereocenters. The maximum atomic E-state index is 13.1. The van der Waals surface area contributed by atoms with Crippen LogP contribution in [0, 0.1) is 0 Å². The first-order valence-corrected chi connectivity index (χ1v) is 11.6. The van der Waals surface area contributed by atoms with Gasteiger partial charge in [0.1, 0.15) is 0 Å². The van der Waals surface area contributed by atoms with E-state index in [1.165, 1.54) is 24.3 Å². The highest BCUT2D eigenvalue weighted by Gasteiger charge is 2.24. The maximum Gasteiger partial charge on any atom is 0.488 e. The van der Waals surface area contributed by atoms with Crippen LogP contribution in [-0.2, 0) is 10.0 Å². The van der Waals surface area contributed by atoms with E-state index in [1.807, 2.05) is 73.6 Å². The molecule has 0 saturated carbocycles. The van der Waals surface area contributed by atoms with Crippen LogP contribution in [0.5, 0.6) is 0 Å². The number of nitrogens with one attached hydrogen (secondary N) is 1. The molecule has 3 aromatic carbocycles. The van der Waals surface area contributed by atoms with Gasteiger partial charge in [-0.05, 0) is 54.0 Å². The van der Waals surface area contributed by atoms with E-state index < -0.39 is 17.1 Å². The first-order valence-electron chi connectivity index (χ1n) is 10.1. The third-order valence-corrected chi connectivity index (χ3v) is 6.33. The van der Waals surface area contributed by atoms with Crippen molar-refractivity contribution in [2.75, 3.05) is 23.7 Å². The largest absolute Gasteiger partial charge is 0.488 e. The van der Waals surface area contributed by atoms with Gasteiger partial charge in [0.25, 0.3) is 10.0 Å². The van der Waals surface area contributed by atoms with Gasteiger partial charge in [-0.2, -0.15) is 4.98 Å². The zero-order valence-electron chi connectivity index (χ0n) is 18.0. The molecule has 0 aliphatic heterocycles. The Morgan fingerprint density at radius 2 is 1.61 bits per heavy atom. The topological polar surface area (TPSA) is 116 Å². The summed E-state index contributed by atoms with van der Waals surface area (Å²) in [5, 5.41) is 18.8. The predicted molar refractivity (Wildman–Crippen MR) is 129 cm³/mol. The number of benzene rings is 3. The van der Waals surface area contributed by atoms with Crippen molar-refractivity contribution >= 4 is 34.1 Å². The maximum absolute atomic E-state index is 13.1. The summed E-state index contributed by atoms with van der Waals surface area (Å²) in [4.78, 5) is 6.23. The Hall–Kier alpha value is -3.60.